The summed E-state index contributed by atoms with van der Waals surface area (Å²) in [6.07, 6.45) is -2.37. The first-order valence-electron chi connectivity index (χ1n) is 29.5. The average molecular weight is 1240 g/mol. The topological polar surface area (TPSA) is 353 Å². The van der Waals surface area contributed by atoms with Crippen molar-refractivity contribution >= 4 is 59.6 Å². The maximum absolute atomic E-state index is 15.9. The fraction of sp³-hybridized carbons (Fsp3) is 0.619. The molecule has 0 radical (unpaired) electrons. The number of urea groups is 1. The van der Waals surface area contributed by atoms with Crippen molar-refractivity contribution in [3.63, 3.8) is 0 Å². The minimum Gasteiger partial charge on any atom is -0.481 e. The number of benzene rings is 1. The summed E-state index contributed by atoms with van der Waals surface area (Å²) in [5, 5.41) is 42.4. The highest BCUT2D eigenvalue weighted by Crippen LogP contribution is 2.78. The van der Waals surface area contributed by atoms with Crippen molar-refractivity contribution in [2.24, 2.45) is 22.7 Å². The summed E-state index contributed by atoms with van der Waals surface area (Å²) in [7, 11) is 2.75. The molecule has 1 saturated heterocycles. The number of carbonyl (C=O) groups excluding carboxylic acids is 8. The van der Waals surface area contributed by atoms with Gasteiger partial charge in [0.1, 0.15) is 47.2 Å². The van der Waals surface area contributed by atoms with Gasteiger partial charge in [0.25, 0.3) is 0 Å². The highest BCUT2D eigenvalue weighted by Gasteiger charge is 2.89. The largest absolute Gasteiger partial charge is 0.481 e. The minimum atomic E-state index is -2.26. The summed E-state index contributed by atoms with van der Waals surface area (Å²) in [5.74, 6) is -9.75. The zero-order valence-electron chi connectivity index (χ0n) is 52.1. The van der Waals surface area contributed by atoms with Crippen LogP contribution in [0.4, 0.5) is 9.59 Å². The molecule has 1 aromatic carbocycles. The van der Waals surface area contributed by atoms with E-state index in [1.807, 2.05) is 0 Å². The van der Waals surface area contributed by atoms with Gasteiger partial charge in [-0.2, -0.15) is 0 Å². The number of nitrogens with one attached hydrogen (secondary N) is 4. The maximum atomic E-state index is 15.9. The van der Waals surface area contributed by atoms with E-state index in [2.05, 4.69) is 27.8 Å². The number of carboxylic acid groups (broad SMARTS) is 2. The van der Waals surface area contributed by atoms with Gasteiger partial charge in [-0.15, -0.1) is 0 Å². The molecule has 6 rings (SSSR count). The Balaban J connectivity index is 1.33. The van der Waals surface area contributed by atoms with Crippen molar-refractivity contribution in [2.75, 3.05) is 27.4 Å². The standard InChI is InChI=1S/C63H86N4O21/c1-14-15-17-22-34(2)47(67-57(79)88-58(6,7)8)49(85-45(72)29-27-43(69)64-30-21-20-23-35(3)65-56(78)66-39(53(74)75)26-28-44(70)71)55(77)84-40-32-63(80)60(10)46(36(40)4)48(82-13)52(73)59(9)41(81-12)31-42-62(33-83-42,86-37(5)68)50(59)51(60)61(63,11)87-54(76)38-24-18-16-19-25-38/h14-19,22,24-25,35,39-42,47-51,80H,2,20-21,23,26-33H2,1,3-13H3,(H,64,69)(H,67,79)(H,70,71)(H,74,75)(H2,65,66,78)/b15-14-,22-17-/t35-,39+,40+,41+,42-,47+,48-,49-,50+,51?,59-,60-,61-,62+,63+/m1/s1. The molecule has 25 heteroatoms. The van der Waals surface area contributed by atoms with Gasteiger partial charge in [0.05, 0.1) is 30.1 Å². The van der Waals surface area contributed by atoms with Crippen LogP contribution in [-0.4, -0.2) is 173 Å². The van der Waals surface area contributed by atoms with E-state index in [9.17, 15) is 48.6 Å². The number of rotatable bonds is 27. The number of carbonyl (C=O) groups is 10. The van der Waals surface area contributed by atoms with Crippen molar-refractivity contribution in [3.8, 4) is 0 Å². The average Bonchev–Trinajstić information content (AvgIpc) is 1.16. The van der Waals surface area contributed by atoms with Gasteiger partial charge in [-0.05, 0) is 110 Å². The first-order valence-corrected chi connectivity index (χ1v) is 29.5. The van der Waals surface area contributed by atoms with Crippen LogP contribution in [-0.2, 0) is 71.5 Å². The Hall–Kier alpha value is -7.48. The molecule has 25 nitrogen and oxygen atoms in total. The smallest absolute Gasteiger partial charge is 0.408 e. The SMILES string of the molecule is C=C(/C=C\C=C/C)[C@H](NC(=O)OC(C)(C)C)[C@@H](OC(=O)CCC(=O)NCCCC[C@@H](C)NC(=O)N[C@@H](CCC(=O)O)C(=O)O)C(=O)O[C@H]1C[C@@]2(O)[C@](C)(OC(=O)c3ccccc3)C3[C@@H]4[C@]5(OC(C)=O)CO[C@@H]5C[C@H](OC)[C@@]4(C)C(=O)[C@H](OC)C(=C1C)[C@]32C. The number of ketones is 1. The summed E-state index contributed by atoms with van der Waals surface area (Å²) in [5.41, 5.74) is -9.51. The Morgan fingerprint density at radius 3 is 2.15 bits per heavy atom. The van der Waals surface area contributed by atoms with E-state index in [4.69, 9.17) is 43.0 Å². The number of hydrogen-bond donors (Lipinski definition) is 7. The van der Waals surface area contributed by atoms with Crippen molar-refractivity contribution in [1.29, 1.82) is 0 Å². The third-order valence-electron chi connectivity index (χ3n) is 18.0. The number of hydrogen-bond acceptors (Lipinski definition) is 19. The summed E-state index contributed by atoms with van der Waals surface area (Å²) >= 11 is 0. The van der Waals surface area contributed by atoms with Crippen molar-refractivity contribution in [2.45, 2.75) is 198 Å². The van der Waals surface area contributed by atoms with Crippen LogP contribution in [0.3, 0.4) is 0 Å². The molecule has 4 aliphatic carbocycles. The lowest BCUT2D eigenvalue weighted by Gasteiger charge is -2.77. The maximum Gasteiger partial charge on any atom is 0.408 e. The molecule has 3 saturated carbocycles. The first-order chi connectivity index (χ1) is 41.2. The van der Waals surface area contributed by atoms with Gasteiger partial charge in [-0.3, -0.25) is 24.0 Å². The quantitative estimate of drug-likeness (QED) is 0.0188. The summed E-state index contributed by atoms with van der Waals surface area (Å²) in [6.45, 7) is 20.1. The second-order valence-corrected chi connectivity index (χ2v) is 24.9. The lowest BCUT2D eigenvalue weighted by molar-refractivity contribution is -0.397. The molecule has 7 N–H and O–H groups in total. The second-order valence-electron chi connectivity index (χ2n) is 24.9. The van der Waals surface area contributed by atoms with Gasteiger partial charge in [0, 0.05) is 76.7 Å². The number of methoxy groups -OCH3 is 2. The number of aliphatic carboxylic acids is 2. The molecule has 15 atom stereocenters. The Morgan fingerprint density at radius 2 is 1.57 bits per heavy atom. The number of alkyl carbamates (subject to hydrolysis) is 1. The highest BCUT2D eigenvalue weighted by atomic mass is 16.6. The van der Waals surface area contributed by atoms with E-state index in [-0.39, 0.29) is 48.3 Å². The molecule has 88 heavy (non-hydrogen) atoms. The van der Waals surface area contributed by atoms with Crippen LogP contribution in [0.1, 0.15) is 137 Å². The molecule has 1 unspecified atom stereocenters. The van der Waals surface area contributed by atoms with Crippen LogP contribution in [0, 0.1) is 22.7 Å². The van der Waals surface area contributed by atoms with Gasteiger partial charge in [-0.1, -0.05) is 56.0 Å². The number of unbranched alkanes of at least 4 members (excludes halogenated alkanes) is 1. The normalized spacial score (nSPS) is 29.9. The Labute approximate surface area is 512 Å². The zero-order valence-corrected chi connectivity index (χ0v) is 52.1. The molecule has 0 spiro atoms. The lowest BCUT2D eigenvalue weighted by Crippen LogP contribution is -2.88. The van der Waals surface area contributed by atoms with Crippen LogP contribution in [0.15, 0.2) is 77.9 Å². The molecule has 4 amide bonds. The van der Waals surface area contributed by atoms with E-state index in [0.717, 1.165) is 0 Å². The number of ether oxygens (including phenoxy) is 8. The Morgan fingerprint density at radius 1 is 0.886 bits per heavy atom. The molecule has 1 aliphatic heterocycles. The van der Waals surface area contributed by atoms with Crippen LogP contribution < -0.4 is 21.3 Å². The molecule has 0 aromatic heterocycles. The number of aliphatic hydroxyl groups is 1. The Bertz CT molecular complexity index is 2960. The molecular formula is C63H86N4O21. The van der Waals surface area contributed by atoms with E-state index in [0.29, 0.717) is 19.3 Å². The predicted octanol–water partition coefficient (Wildman–Crippen LogP) is 5.51. The minimum absolute atomic E-state index is 0.0197. The fourth-order valence-corrected chi connectivity index (χ4v) is 13.9. The summed E-state index contributed by atoms with van der Waals surface area (Å²) in [6, 6.07) is 3.77. The summed E-state index contributed by atoms with van der Waals surface area (Å²) in [4.78, 5) is 135. The third-order valence-corrected chi connectivity index (χ3v) is 18.0. The number of allylic oxidation sites excluding steroid dienone is 3. The van der Waals surface area contributed by atoms with Crippen molar-refractivity contribution < 1.29 is 101 Å². The molecule has 4 fully saturated rings. The lowest BCUT2D eigenvalue weighted by atomic mass is 9.32. The van der Waals surface area contributed by atoms with Crippen molar-refractivity contribution in [1.82, 2.24) is 21.3 Å². The fourth-order valence-electron chi connectivity index (χ4n) is 13.9. The van der Waals surface area contributed by atoms with Gasteiger partial charge in [0.2, 0.25) is 12.0 Å². The van der Waals surface area contributed by atoms with Gasteiger partial charge < -0.3 is 74.5 Å². The van der Waals surface area contributed by atoms with Gasteiger partial charge in [0.15, 0.2) is 11.4 Å². The zero-order chi connectivity index (χ0) is 65.5. The van der Waals surface area contributed by atoms with E-state index in [1.165, 1.54) is 46.3 Å². The monoisotopic (exact) mass is 1230 g/mol. The third kappa shape index (κ3) is 14.0. The van der Waals surface area contributed by atoms with Crippen molar-refractivity contribution in [3.05, 3.63) is 83.5 Å². The highest BCUT2D eigenvalue weighted by molar-refractivity contribution is 5.95. The molecular weight excluding hydrogens is 1150 g/mol. The number of carboxylic acids is 2. The van der Waals surface area contributed by atoms with E-state index < -0.39 is 179 Å². The van der Waals surface area contributed by atoms with Gasteiger partial charge >= 0.3 is 47.9 Å². The van der Waals surface area contributed by atoms with E-state index in [1.54, 1.807) is 91.8 Å². The van der Waals surface area contributed by atoms with Crippen LogP contribution in [0.2, 0.25) is 0 Å². The molecule has 1 aromatic rings. The number of esters is 4. The van der Waals surface area contributed by atoms with E-state index >= 15 is 9.59 Å². The molecule has 5 aliphatic rings. The molecule has 484 valence electrons. The number of fused-ring (bicyclic) bond motifs is 4. The van der Waals surface area contributed by atoms with Crippen LogP contribution in [0.5, 0.6) is 0 Å². The van der Waals surface area contributed by atoms with Gasteiger partial charge in [-0.25, -0.2) is 24.0 Å². The Kier molecular flexibility index (Phi) is 22.1. The van der Waals surface area contributed by atoms with Crippen LogP contribution in [0.25, 0.3) is 0 Å². The second kappa shape index (κ2) is 27.9. The van der Waals surface area contributed by atoms with Crippen LogP contribution >= 0.6 is 0 Å². The molecule has 1 heterocycles. The summed E-state index contributed by atoms with van der Waals surface area (Å²) < 4.78 is 49.4. The number of amides is 4. The predicted molar refractivity (Wildman–Crippen MR) is 313 cm³/mol. The molecule has 0 bridgehead atoms. The first kappa shape index (κ1) is 69.6. The number of Topliss-reactive ketones (excluding diaryl/α,β-unsaturated/α-hetero) is 1.